The Morgan fingerprint density at radius 3 is 0.324 bits per heavy atom. The van der Waals surface area contributed by atoms with Crippen LogP contribution >= 0.6 is 0 Å². The van der Waals surface area contributed by atoms with E-state index in [2.05, 4.69) is 178 Å². The summed E-state index contributed by atoms with van der Waals surface area (Å²) in [6.07, 6.45) is 13.1. The Hall–Kier alpha value is -7.48. The van der Waals surface area contributed by atoms with E-state index in [-0.39, 0.29) is 0 Å². The van der Waals surface area contributed by atoms with Gasteiger partial charge in [-0.05, 0) is 94.7 Å². The van der Waals surface area contributed by atoms with Crippen LogP contribution in [0.25, 0.3) is 0 Å². The number of rotatable bonds is 0. The lowest BCUT2D eigenvalue weighted by atomic mass is 10.4. The summed E-state index contributed by atoms with van der Waals surface area (Å²) in [4.78, 5) is 0. The minimum absolute atomic E-state index is 1.87. The molecule has 0 N–H and O–H groups in total. The van der Waals surface area contributed by atoms with Crippen LogP contribution in [0, 0.1) is 202 Å². The van der Waals surface area contributed by atoms with E-state index in [1.807, 2.05) is 11.8 Å². The third-order valence-electron chi connectivity index (χ3n) is 1.94. The molecule has 0 saturated heterocycles. The van der Waals surface area contributed by atoms with Gasteiger partial charge in [0, 0.05) is 59.2 Å². The summed E-state index contributed by atoms with van der Waals surface area (Å²) < 4.78 is 0. The Labute approximate surface area is 202 Å². The van der Waals surface area contributed by atoms with E-state index in [1.54, 1.807) is 0 Å². The van der Waals surface area contributed by atoms with E-state index in [4.69, 9.17) is 12.8 Å². The third kappa shape index (κ3) is 24.5. The predicted octanol–water partition coefficient (Wildman–Crippen LogP) is 0.217. The maximum absolute atomic E-state index is 6.54. The van der Waals surface area contributed by atoms with Crippen LogP contribution in [-0.4, -0.2) is 0 Å². The van der Waals surface area contributed by atoms with Crippen molar-refractivity contribution in [2.75, 3.05) is 0 Å². The fourth-order valence-electron chi connectivity index (χ4n) is 0.938. The van der Waals surface area contributed by atoms with Gasteiger partial charge in [-0.3, -0.25) is 11.8 Å². The van der Waals surface area contributed by atoms with Crippen LogP contribution < -0.4 is 0 Å². The van der Waals surface area contributed by atoms with E-state index < -0.39 is 0 Å². The van der Waals surface area contributed by atoms with Crippen LogP contribution in [-0.2, 0) is 0 Å². The lowest BCUT2D eigenvalue weighted by molar-refractivity contribution is 2.32. The molecule has 0 aromatic carbocycles. The first-order valence-electron chi connectivity index (χ1n) is 8.25. The van der Waals surface area contributed by atoms with E-state index in [0.29, 0.717) is 0 Å². The van der Waals surface area contributed by atoms with Crippen molar-refractivity contribution in [3.05, 3.63) is 12.8 Å². The van der Waals surface area contributed by atoms with Gasteiger partial charge in [-0.25, -0.2) is 11.8 Å². The van der Waals surface area contributed by atoms with Crippen molar-refractivity contribution in [3.63, 3.8) is 0 Å². The van der Waals surface area contributed by atoms with Gasteiger partial charge in [-0.2, -0.15) is 0 Å². The Balaban J connectivity index is 4.49. The standard InChI is InChI=1S/C34/c1-3-5-7-9-11-13-15-17-19-21-23-25-27-29-31-33-34-32-30-28-26-24-22-20-18-16-14-12-10-8-6-4-2/q-2. The fourth-order valence-corrected chi connectivity index (χ4v) is 0.938. The van der Waals surface area contributed by atoms with Gasteiger partial charge < -0.3 is 12.8 Å². The van der Waals surface area contributed by atoms with Crippen molar-refractivity contribution in [1.29, 1.82) is 0 Å². The highest BCUT2D eigenvalue weighted by molar-refractivity contribution is 5.49. The van der Waals surface area contributed by atoms with Crippen molar-refractivity contribution < 1.29 is 0 Å². The van der Waals surface area contributed by atoms with Crippen LogP contribution in [0.1, 0.15) is 0 Å². The van der Waals surface area contributed by atoms with Gasteiger partial charge in [-0.1, -0.05) is 0 Å². The van der Waals surface area contributed by atoms with Crippen LogP contribution in [0.3, 0.4) is 0 Å². The number of hydrogen-bond acceptors (Lipinski definition) is 0. The van der Waals surface area contributed by atoms with Crippen molar-refractivity contribution in [1.82, 2.24) is 0 Å². The van der Waals surface area contributed by atoms with Gasteiger partial charge in [0.1, 0.15) is 0 Å². The molecule has 0 aliphatic rings. The van der Waals surface area contributed by atoms with Crippen molar-refractivity contribution >= 4 is 0 Å². The fraction of sp³-hybridized carbons (Fsp3) is 0. The second-order valence-corrected chi connectivity index (χ2v) is 4.00. The first-order chi connectivity index (χ1) is 16.9. The van der Waals surface area contributed by atoms with Gasteiger partial charge in [-0.15, -0.1) is 11.8 Å². The summed E-state index contributed by atoms with van der Waals surface area (Å²) in [6, 6.07) is 0. The lowest BCUT2D eigenvalue weighted by Gasteiger charge is -1.63. The average molecular weight is 408 g/mol. The Morgan fingerprint density at radius 2 is 0.235 bits per heavy atom. The molecule has 0 aromatic heterocycles. The van der Waals surface area contributed by atoms with Gasteiger partial charge in [0.2, 0.25) is 0 Å². The SMILES string of the molecule is [C-]#CC#CC#CC#CC#CC#CC#CC#CC#CC#CC#CC#CC#CC#CC#CC#CC#[C-]. The second kappa shape index (κ2) is 25.5. The van der Waals surface area contributed by atoms with E-state index in [1.165, 1.54) is 0 Å². The molecule has 0 aromatic rings. The molecule has 0 nitrogen and oxygen atoms in total. The number of hydrogen-bond donors (Lipinski definition) is 0. The minimum atomic E-state index is 1.87. The van der Waals surface area contributed by atoms with Crippen LogP contribution in [0.15, 0.2) is 0 Å². The summed E-state index contributed by atoms with van der Waals surface area (Å²) in [6.45, 7) is 0. The highest BCUT2D eigenvalue weighted by Crippen LogP contribution is 1.60. The molecule has 0 rings (SSSR count). The molecular formula is C34-2. The van der Waals surface area contributed by atoms with E-state index in [0.717, 1.165) is 0 Å². The summed E-state index contributed by atoms with van der Waals surface area (Å²) in [5.41, 5.74) is 0. The maximum Gasteiger partial charge on any atom is 0 e. The second-order valence-electron chi connectivity index (χ2n) is 4.00. The monoisotopic (exact) mass is 408 g/mol. The van der Waals surface area contributed by atoms with Gasteiger partial charge >= 0.3 is 0 Å². The zero-order chi connectivity index (χ0) is 24.6. The summed E-state index contributed by atoms with van der Waals surface area (Å²) in [5, 5.41) is 0. The Morgan fingerprint density at radius 1 is 0.147 bits per heavy atom. The topological polar surface area (TPSA) is 0 Å². The van der Waals surface area contributed by atoms with E-state index in [9.17, 15) is 0 Å². The minimum Gasteiger partial charge on any atom is -0.358 e. The predicted molar refractivity (Wildman–Crippen MR) is 131 cm³/mol. The van der Waals surface area contributed by atoms with Crippen LogP contribution in [0.5, 0.6) is 0 Å². The maximum atomic E-state index is 6.54. The molecule has 0 unspecified atom stereocenters. The molecule has 138 valence electrons. The molecule has 0 spiro atoms. The zero-order valence-electron chi connectivity index (χ0n) is 17.0. The van der Waals surface area contributed by atoms with Crippen molar-refractivity contribution in [3.8, 4) is 189 Å². The largest absolute Gasteiger partial charge is 0.358 e. The summed E-state index contributed by atoms with van der Waals surface area (Å²) in [5.74, 6) is 76.9. The third-order valence-corrected chi connectivity index (χ3v) is 1.94. The summed E-state index contributed by atoms with van der Waals surface area (Å²) in [7, 11) is 0. The lowest BCUT2D eigenvalue weighted by Crippen LogP contribution is -1.57. The molecule has 0 radical (unpaired) electrons. The molecule has 0 amide bonds. The smallest absolute Gasteiger partial charge is 0 e. The Kier molecular flexibility index (Phi) is 19.9. The van der Waals surface area contributed by atoms with Gasteiger partial charge in [0.05, 0.1) is 0 Å². The molecule has 0 fully saturated rings. The molecule has 0 bridgehead atoms. The molecule has 0 saturated carbocycles. The van der Waals surface area contributed by atoms with E-state index >= 15 is 0 Å². The highest BCUT2D eigenvalue weighted by atomic mass is 13.6. The molecule has 34 heavy (non-hydrogen) atoms. The first-order valence-corrected chi connectivity index (χ1v) is 8.25. The summed E-state index contributed by atoms with van der Waals surface area (Å²) >= 11 is 0. The van der Waals surface area contributed by atoms with Crippen molar-refractivity contribution in [2.45, 2.75) is 0 Å². The first kappa shape index (κ1) is 26.5. The quantitative estimate of drug-likeness (QED) is 0.398. The highest BCUT2D eigenvalue weighted by Gasteiger charge is 1.59. The van der Waals surface area contributed by atoms with Crippen LogP contribution in [0.4, 0.5) is 0 Å². The average Bonchev–Trinajstić information content (AvgIpc) is 2.85. The normalized spacial score (nSPS) is 3.82. The molecule has 0 atom stereocenters. The zero-order valence-corrected chi connectivity index (χ0v) is 17.0. The molecular weight excluding hydrogens is 408 g/mol. The van der Waals surface area contributed by atoms with Crippen LogP contribution in [0.2, 0.25) is 0 Å². The van der Waals surface area contributed by atoms with Gasteiger partial charge in [0.15, 0.2) is 0 Å². The molecule has 0 aliphatic heterocycles. The van der Waals surface area contributed by atoms with Crippen molar-refractivity contribution in [2.24, 2.45) is 0 Å². The molecule has 0 heteroatoms. The molecule has 0 aliphatic carbocycles. The molecule has 0 heterocycles. The van der Waals surface area contributed by atoms with Gasteiger partial charge in [0.25, 0.3) is 0 Å². The Bertz CT molecular complexity index is 1740.